The van der Waals surface area contributed by atoms with Crippen molar-refractivity contribution >= 4 is 28.4 Å². The Hall–Kier alpha value is -2.51. The third-order valence-electron chi connectivity index (χ3n) is 4.67. The Morgan fingerprint density at radius 2 is 2.27 bits per heavy atom. The highest BCUT2D eigenvalue weighted by Crippen LogP contribution is 2.45. The van der Waals surface area contributed by atoms with E-state index in [-0.39, 0.29) is 19.1 Å². The van der Waals surface area contributed by atoms with Crippen LogP contribution in [0.1, 0.15) is 24.3 Å². The lowest BCUT2D eigenvalue weighted by molar-refractivity contribution is -0.127. The minimum absolute atomic E-state index is 0.104. The van der Waals surface area contributed by atoms with Crippen LogP contribution < -0.4 is 10.1 Å². The normalized spacial score (nSPS) is 15.2. The molecule has 1 amide bonds. The summed E-state index contributed by atoms with van der Waals surface area (Å²) in [6.45, 7) is 0.492. The summed E-state index contributed by atoms with van der Waals surface area (Å²) >= 11 is 6.28. The van der Waals surface area contributed by atoms with Crippen molar-refractivity contribution in [1.29, 1.82) is 0 Å². The molecule has 2 heterocycles. The lowest BCUT2D eigenvalue weighted by Gasteiger charge is -2.11. The summed E-state index contributed by atoms with van der Waals surface area (Å²) in [7, 11) is 0. The molecule has 1 aromatic carbocycles. The topological polar surface area (TPSA) is 100 Å². The van der Waals surface area contributed by atoms with Crippen molar-refractivity contribution in [3.05, 3.63) is 46.9 Å². The van der Waals surface area contributed by atoms with E-state index in [1.807, 2.05) is 18.2 Å². The number of rotatable bonds is 7. The zero-order chi connectivity index (χ0) is 18.1. The van der Waals surface area contributed by atoms with Crippen LogP contribution in [0.3, 0.4) is 0 Å². The van der Waals surface area contributed by atoms with Crippen LogP contribution in [0.5, 0.6) is 5.75 Å². The van der Waals surface area contributed by atoms with Gasteiger partial charge in [0.25, 0.3) is 0 Å². The highest BCUT2D eigenvalue weighted by atomic mass is 35.5. The predicted octanol–water partition coefficient (Wildman–Crippen LogP) is 2.78. The Labute approximate surface area is 154 Å². The van der Waals surface area contributed by atoms with Gasteiger partial charge in [-0.15, -0.1) is 0 Å². The van der Waals surface area contributed by atoms with Crippen molar-refractivity contribution < 1.29 is 19.2 Å². The number of aromatic amines is 1. The average molecular weight is 376 g/mol. The third kappa shape index (κ3) is 3.27. The first-order valence-corrected chi connectivity index (χ1v) is 8.70. The number of hydrogen-bond donors (Lipinski definition) is 3. The van der Waals surface area contributed by atoms with Gasteiger partial charge < -0.3 is 24.7 Å². The number of ether oxygens (including phenoxy) is 1. The molecule has 2 aromatic heterocycles. The number of hydrogen-bond acceptors (Lipinski definition) is 5. The number of carbonyl (C=O) groups excluding carboxylic acids is 1. The predicted molar refractivity (Wildman–Crippen MR) is 94.7 cm³/mol. The average Bonchev–Trinajstić information content (AvgIpc) is 3.08. The van der Waals surface area contributed by atoms with Gasteiger partial charge in [0.1, 0.15) is 12.4 Å². The van der Waals surface area contributed by atoms with Gasteiger partial charge in [-0.05, 0) is 25.0 Å². The number of halogens is 1. The van der Waals surface area contributed by atoms with Gasteiger partial charge >= 0.3 is 0 Å². The fourth-order valence-corrected chi connectivity index (χ4v) is 3.06. The Balaban J connectivity index is 1.45. The molecule has 136 valence electrons. The van der Waals surface area contributed by atoms with Gasteiger partial charge in [-0.25, -0.2) is 0 Å². The van der Waals surface area contributed by atoms with Gasteiger partial charge in [-0.3, -0.25) is 4.79 Å². The van der Waals surface area contributed by atoms with Crippen LogP contribution >= 0.6 is 11.6 Å². The van der Waals surface area contributed by atoms with E-state index in [2.05, 4.69) is 15.5 Å². The molecule has 8 heteroatoms. The molecule has 0 aliphatic heterocycles. The van der Waals surface area contributed by atoms with Gasteiger partial charge in [0.2, 0.25) is 5.91 Å². The van der Waals surface area contributed by atoms with Crippen molar-refractivity contribution in [3.8, 4) is 5.75 Å². The zero-order valence-electron chi connectivity index (χ0n) is 13.9. The number of aromatic nitrogens is 2. The van der Waals surface area contributed by atoms with Gasteiger partial charge in [0.05, 0.1) is 29.8 Å². The Bertz CT molecular complexity index is 931. The molecule has 0 saturated heterocycles. The molecule has 1 aliphatic rings. The van der Waals surface area contributed by atoms with E-state index in [0.717, 1.165) is 29.4 Å². The monoisotopic (exact) mass is 375 g/mol. The maximum absolute atomic E-state index is 12.1. The molecule has 0 radical (unpaired) electrons. The van der Waals surface area contributed by atoms with Gasteiger partial charge in [-0.1, -0.05) is 16.8 Å². The number of nitrogens with one attached hydrogen (secondary N) is 2. The molecule has 7 nitrogen and oxygen atoms in total. The van der Waals surface area contributed by atoms with Crippen LogP contribution in [0.2, 0.25) is 5.02 Å². The molecule has 0 bridgehead atoms. The summed E-state index contributed by atoms with van der Waals surface area (Å²) in [4.78, 5) is 15.4. The summed E-state index contributed by atoms with van der Waals surface area (Å²) in [6, 6.07) is 7.28. The summed E-state index contributed by atoms with van der Waals surface area (Å²) in [5.74, 6) is 1.03. The number of aliphatic hydroxyl groups is 1. The third-order valence-corrected chi connectivity index (χ3v) is 4.96. The summed E-state index contributed by atoms with van der Waals surface area (Å²) in [5.41, 5.74) is 1.14. The number of H-pyrrole nitrogens is 1. The fourth-order valence-electron chi connectivity index (χ4n) is 2.84. The molecule has 3 aromatic rings. The standard InChI is InChI=1S/C18H18ClN3O4/c19-14-6-11-5-12(8-20-17(24)18(10-23)2-3-18)22-15(11)7-16(14)25-9-13-1-4-21-26-13/h1,4-7,22-23H,2-3,8-10H2,(H,20,24). The van der Waals surface area contributed by atoms with Crippen molar-refractivity contribution in [2.45, 2.75) is 26.0 Å². The summed E-state index contributed by atoms with van der Waals surface area (Å²) in [5, 5.41) is 17.2. The van der Waals surface area contributed by atoms with Crippen molar-refractivity contribution in [1.82, 2.24) is 15.5 Å². The molecule has 1 saturated carbocycles. The molecule has 0 spiro atoms. The maximum Gasteiger partial charge on any atom is 0.228 e. The van der Waals surface area contributed by atoms with E-state index < -0.39 is 5.41 Å². The highest BCUT2D eigenvalue weighted by Gasteiger charge is 2.49. The quantitative estimate of drug-likeness (QED) is 0.589. The second kappa shape index (κ2) is 6.66. The van der Waals surface area contributed by atoms with E-state index in [1.165, 1.54) is 0 Å². The molecule has 1 fully saturated rings. The van der Waals surface area contributed by atoms with Crippen molar-refractivity contribution in [3.63, 3.8) is 0 Å². The smallest absolute Gasteiger partial charge is 0.228 e. The van der Waals surface area contributed by atoms with Crippen LogP contribution in [0.4, 0.5) is 0 Å². The first-order valence-electron chi connectivity index (χ1n) is 8.32. The molecule has 1 aliphatic carbocycles. The SMILES string of the molecule is O=C(NCc1cc2cc(Cl)c(OCc3ccno3)cc2[nH]1)C1(CO)CC1. The number of benzene rings is 1. The molecular formula is C18H18ClN3O4. The van der Waals surface area contributed by atoms with Crippen LogP contribution in [-0.4, -0.2) is 27.8 Å². The Kier molecular flexibility index (Phi) is 4.34. The molecule has 0 unspecified atom stereocenters. The second-order valence-corrected chi connectivity index (χ2v) is 6.96. The number of amides is 1. The van der Waals surface area contributed by atoms with Crippen molar-refractivity contribution in [2.24, 2.45) is 5.41 Å². The second-order valence-electron chi connectivity index (χ2n) is 6.55. The molecule has 0 atom stereocenters. The highest BCUT2D eigenvalue weighted by molar-refractivity contribution is 6.32. The first-order chi connectivity index (χ1) is 12.6. The van der Waals surface area contributed by atoms with E-state index >= 15 is 0 Å². The maximum atomic E-state index is 12.1. The van der Waals surface area contributed by atoms with Crippen LogP contribution in [0.15, 0.2) is 35.0 Å². The number of nitrogens with zero attached hydrogens (tertiary/aromatic N) is 1. The van der Waals surface area contributed by atoms with E-state index in [9.17, 15) is 9.90 Å². The van der Waals surface area contributed by atoms with E-state index in [1.54, 1.807) is 12.3 Å². The van der Waals surface area contributed by atoms with E-state index in [4.69, 9.17) is 20.9 Å². The zero-order valence-corrected chi connectivity index (χ0v) is 14.7. The fraction of sp³-hybridized carbons (Fsp3) is 0.333. The van der Waals surface area contributed by atoms with Gasteiger partial charge in [-0.2, -0.15) is 0 Å². The number of carbonyl (C=O) groups is 1. The Morgan fingerprint density at radius 1 is 1.42 bits per heavy atom. The Morgan fingerprint density at radius 3 is 2.96 bits per heavy atom. The minimum atomic E-state index is -0.572. The van der Waals surface area contributed by atoms with Gasteiger partial charge in [0.15, 0.2) is 5.76 Å². The first kappa shape index (κ1) is 16.9. The minimum Gasteiger partial charge on any atom is -0.484 e. The van der Waals surface area contributed by atoms with Gasteiger partial charge in [0, 0.05) is 28.7 Å². The van der Waals surface area contributed by atoms with Crippen LogP contribution in [-0.2, 0) is 17.9 Å². The number of fused-ring (bicyclic) bond motifs is 1. The molecular weight excluding hydrogens is 358 g/mol. The largest absolute Gasteiger partial charge is 0.484 e. The van der Waals surface area contributed by atoms with E-state index in [0.29, 0.717) is 23.1 Å². The van der Waals surface area contributed by atoms with Crippen molar-refractivity contribution in [2.75, 3.05) is 6.61 Å². The molecule has 4 rings (SSSR count). The summed E-state index contributed by atoms with van der Waals surface area (Å²) < 4.78 is 10.7. The van der Waals surface area contributed by atoms with Crippen LogP contribution in [0.25, 0.3) is 10.9 Å². The lowest BCUT2D eigenvalue weighted by atomic mass is 10.1. The molecule has 3 N–H and O–H groups in total. The lowest BCUT2D eigenvalue weighted by Crippen LogP contribution is -2.33. The molecule has 26 heavy (non-hydrogen) atoms. The van der Waals surface area contributed by atoms with Crippen LogP contribution in [0, 0.1) is 5.41 Å². The number of aliphatic hydroxyl groups excluding tert-OH is 1. The summed E-state index contributed by atoms with van der Waals surface area (Å²) in [6.07, 6.45) is 3.03.